The van der Waals surface area contributed by atoms with Crippen LogP contribution in [0.1, 0.15) is 21.7 Å². The maximum Gasteiger partial charge on any atom is 0.227 e. The van der Waals surface area contributed by atoms with Gasteiger partial charge in [-0.15, -0.1) is 0 Å². The highest BCUT2D eigenvalue weighted by atomic mass is 35.5. The van der Waals surface area contributed by atoms with Crippen molar-refractivity contribution < 1.29 is 9.90 Å². The van der Waals surface area contributed by atoms with Crippen LogP contribution in [0.15, 0.2) is 42.6 Å². The van der Waals surface area contributed by atoms with Crippen LogP contribution in [-0.4, -0.2) is 20.4 Å². The zero-order valence-corrected chi connectivity index (χ0v) is 12.1. The van der Waals surface area contributed by atoms with E-state index in [9.17, 15) is 9.90 Å². The average Bonchev–Trinajstić information content (AvgIpc) is 2.83. The molecule has 0 saturated heterocycles. The van der Waals surface area contributed by atoms with Crippen molar-refractivity contribution in [2.45, 2.75) is 13.7 Å². The molecule has 0 bridgehead atoms. The molecular formula is C16H13ClN2O2. The zero-order valence-electron chi connectivity index (χ0n) is 11.4. The van der Waals surface area contributed by atoms with Crippen molar-refractivity contribution in [3.05, 3.63) is 64.6 Å². The number of carbonyl (C=O) groups excluding carboxylic acids is 1. The summed E-state index contributed by atoms with van der Waals surface area (Å²) in [4.78, 5) is 16.7. The monoisotopic (exact) mass is 300 g/mol. The smallest absolute Gasteiger partial charge is 0.227 e. The summed E-state index contributed by atoms with van der Waals surface area (Å²) in [5.41, 5.74) is 2.48. The first-order valence-corrected chi connectivity index (χ1v) is 6.85. The molecule has 0 fully saturated rings. The number of pyridine rings is 1. The Hall–Kier alpha value is -2.17. The van der Waals surface area contributed by atoms with Crippen LogP contribution in [0.25, 0.3) is 10.9 Å². The van der Waals surface area contributed by atoms with Gasteiger partial charge in [-0.2, -0.15) is 0 Å². The molecule has 0 spiro atoms. The van der Waals surface area contributed by atoms with E-state index in [0.29, 0.717) is 16.4 Å². The van der Waals surface area contributed by atoms with Crippen molar-refractivity contribution in [2.24, 2.45) is 0 Å². The van der Waals surface area contributed by atoms with E-state index in [4.69, 9.17) is 11.6 Å². The van der Waals surface area contributed by atoms with Crippen LogP contribution in [0.5, 0.6) is 0 Å². The number of halogens is 1. The van der Waals surface area contributed by atoms with Gasteiger partial charge in [-0.1, -0.05) is 11.6 Å². The predicted octanol–water partition coefficient (Wildman–Crippen LogP) is 3.18. The number of aromatic nitrogens is 2. The molecule has 0 aliphatic rings. The molecule has 106 valence electrons. The molecule has 21 heavy (non-hydrogen) atoms. The van der Waals surface area contributed by atoms with Gasteiger partial charge in [-0.25, -0.2) is 0 Å². The summed E-state index contributed by atoms with van der Waals surface area (Å²) in [6.07, 6.45) is 1.60. The van der Waals surface area contributed by atoms with Crippen LogP contribution in [0, 0.1) is 6.92 Å². The van der Waals surface area contributed by atoms with E-state index in [1.165, 1.54) is 0 Å². The topological polar surface area (TPSA) is 55.1 Å². The van der Waals surface area contributed by atoms with Gasteiger partial charge in [0.2, 0.25) is 5.78 Å². The van der Waals surface area contributed by atoms with Crippen molar-refractivity contribution in [1.82, 2.24) is 9.55 Å². The first kappa shape index (κ1) is 13.8. The van der Waals surface area contributed by atoms with Crippen LogP contribution in [0.3, 0.4) is 0 Å². The fourth-order valence-corrected chi connectivity index (χ4v) is 2.55. The van der Waals surface area contributed by atoms with Gasteiger partial charge in [-0.3, -0.25) is 9.78 Å². The van der Waals surface area contributed by atoms with E-state index in [2.05, 4.69) is 4.98 Å². The van der Waals surface area contributed by atoms with Crippen LogP contribution >= 0.6 is 11.6 Å². The first-order valence-electron chi connectivity index (χ1n) is 6.47. The maximum absolute atomic E-state index is 12.6. The molecule has 0 aliphatic heterocycles. The van der Waals surface area contributed by atoms with Gasteiger partial charge in [0.1, 0.15) is 12.4 Å². The number of ketones is 1. The normalized spacial score (nSPS) is 11.0. The van der Waals surface area contributed by atoms with Crippen molar-refractivity contribution in [3.8, 4) is 0 Å². The third-order valence-electron chi connectivity index (χ3n) is 3.39. The fourth-order valence-electron chi connectivity index (χ4n) is 2.37. The lowest BCUT2D eigenvalue weighted by Gasteiger charge is -2.06. The summed E-state index contributed by atoms with van der Waals surface area (Å²) in [7, 11) is 0. The molecule has 0 atom stereocenters. The second kappa shape index (κ2) is 5.31. The van der Waals surface area contributed by atoms with Gasteiger partial charge in [0.25, 0.3) is 0 Å². The molecule has 3 aromatic rings. The van der Waals surface area contributed by atoms with Gasteiger partial charge in [0.05, 0.1) is 11.2 Å². The Morgan fingerprint density at radius 2 is 2.10 bits per heavy atom. The Morgan fingerprint density at radius 3 is 2.81 bits per heavy atom. The highest BCUT2D eigenvalue weighted by Gasteiger charge is 2.18. The van der Waals surface area contributed by atoms with Crippen LogP contribution in [0.2, 0.25) is 5.02 Å². The van der Waals surface area contributed by atoms with Crippen LogP contribution in [0.4, 0.5) is 0 Å². The summed E-state index contributed by atoms with van der Waals surface area (Å²) >= 11 is 5.97. The number of aryl methyl sites for hydroxylation is 1. The number of carbonyl (C=O) groups is 1. The highest BCUT2D eigenvalue weighted by molar-refractivity contribution is 6.31. The summed E-state index contributed by atoms with van der Waals surface area (Å²) < 4.78 is 1.55. The number of aliphatic hydroxyl groups excluding tert-OH is 1. The number of fused-ring (bicyclic) bond motifs is 1. The molecule has 5 heteroatoms. The summed E-state index contributed by atoms with van der Waals surface area (Å²) in [6.45, 7) is 1.62. The third-order valence-corrected chi connectivity index (χ3v) is 3.62. The molecule has 1 N–H and O–H groups in total. The number of nitrogens with zero attached hydrogens (tertiary/aromatic N) is 2. The van der Waals surface area contributed by atoms with Crippen molar-refractivity contribution in [3.63, 3.8) is 0 Å². The van der Waals surface area contributed by atoms with Gasteiger partial charge >= 0.3 is 0 Å². The van der Waals surface area contributed by atoms with E-state index < -0.39 is 0 Å². The molecule has 0 amide bonds. The van der Waals surface area contributed by atoms with Gasteiger partial charge < -0.3 is 9.67 Å². The SMILES string of the molecule is Cc1ccnc(C(=O)c2cc3cc(Cl)ccc3n2CO)c1. The number of benzene rings is 1. The van der Waals surface area contributed by atoms with Gasteiger partial charge in [-0.05, 0) is 48.9 Å². The Bertz CT molecular complexity index is 839. The van der Waals surface area contributed by atoms with Crippen molar-refractivity contribution in [2.75, 3.05) is 0 Å². The standard InChI is InChI=1S/C16H13ClN2O2/c1-10-4-5-18-13(6-10)16(21)15-8-11-7-12(17)2-3-14(11)19(15)9-20/h2-8,20H,9H2,1H3. The summed E-state index contributed by atoms with van der Waals surface area (Å²) in [5, 5.41) is 11.0. The van der Waals surface area contributed by atoms with Crippen LogP contribution in [-0.2, 0) is 6.73 Å². The minimum Gasteiger partial charge on any atom is -0.376 e. The van der Waals surface area contributed by atoms with E-state index >= 15 is 0 Å². The molecular weight excluding hydrogens is 288 g/mol. The molecule has 0 saturated carbocycles. The van der Waals surface area contributed by atoms with E-state index in [0.717, 1.165) is 16.5 Å². The molecule has 0 radical (unpaired) electrons. The second-order valence-electron chi connectivity index (χ2n) is 4.85. The van der Waals surface area contributed by atoms with Crippen LogP contribution < -0.4 is 0 Å². The van der Waals surface area contributed by atoms with E-state index in [-0.39, 0.29) is 12.5 Å². The maximum atomic E-state index is 12.6. The first-order chi connectivity index (χ1) is 10.1. The quantitative estimate of drug-likeness (QED) is 0.756. The van der Waals surface area contributed by atoms with E-state index in [1.54, 1.807) is 41.1 Å². The predicted molar refractivity (Wildman–Crippen MR) is 81.6 cm³/mol. The largest absolute Gasteiger partial charge is 0.376 e. The van der Waals surface area contributed by atoms with E-state index in [1.807, 2.05) is 13.0 Å². The lowest BCUT2D eigenvalue weighted by Crippen LogP contribution is -2.11. The van der Waals surface area contributed by atoms with Crippen molar-refractivity contribution >= 4 is 28.3 Å². The Kier molecular flexibility index (Phi) is 3.49. The lowest BCUT2D eigenvalue weighted by molar-refractivity contribution is 0.101. The minimum absolute atomic E-state index is 0.222. The number of aliphatic hydroxyl groups is 1. The highest BCUT2D eigenvalue weighted by Crippen LogP contribution is 2.24. The average molecular weight is 301 g/mol. The Balaban J connectivity index is 2.17. The summed E-state index contributed by atoms with van der Waals surface area (Å²) in [6, 6.07) is 10.6. The van der Waals surface area contributed by atoms with Gasteiger partial charge in [0, 0.05) is 16.6 Å². The summed E-state index contributed by atoms with van der Waals surface area (Å²) in [5.74, 6) is -0.222. The lowest BCUT2D eigenvalue weighted by atomic mass is 10.1. The minimum atomic E-state index is -0.280. The number of hydrogen-bond donors (Lipinski definition) is 1. The molecule has 3 rings (SSSR count). The third kappa shape index (κ3) is 2.44. The molecule has 4 nitrogen and oxygen atoms in total. The van der Waals surface area contributed by atoms with Crippen molar-refractivity contribution in [1.29, 1.82) is 0 Å². The molecule has 0 unspecified atom stereocenters. The Labute approximate surface area is 126 Å². The number of rotatable bonds is 3. The molecule has 0 aliphatic carbocycles. The second-order valence-corrected chi connectivity index (χ2v) is 5.29. The Morgan fingerprint density at radius 1 is 1.29 bits per heavy atom. The number of hydrogen-bond acceptors (Lipinski definition) is 3. The molecule has 2 aromatic heterocycles. The fraction of sp³-hybridized carbons (Fsp3) is 0.125. The molecule has 2 heterocycles. The van der Waals surface area contributed by atoms with Gasteiger partial charge in [0.15, 0.2) is 0 Å². The molecule has 1 aromatic carbocycles. The zero-order chi connectivity index (χ0) is 15.0.